The van der Waals surface area contributed by atoms with Crippen LogP contribution in [0.15, 0.2) is 42.0 Å². The van der Waals surface area contributed by atoms with Crippen LogP contribution in [0.3, 0.4) is 0 Å². The Morgan fingerprint density at radius 1 is 1.33 bits per heavy atom. The van der Waals surface area contributed by atoms with Crippen LogP contribution in [0.5, 0.6) is 0 Å². The highest BCUT2D eigenvalue weighted by atomic mass is 16.5. The van der Waals surface area contributed by atoms with Gasteiger partial charge in [0.15, 0.2) is 0 Å². The van der Waals surface area contributed by atoms with E-state index in [1.165, 1.54) is 5.56 Å². The summed E-state index contributed by atoms with van der Waals surface area (Å²) in [6, 6.07) is 10.3. The normalized spacial score (nSPS) is 20.7. The fourth-order valence-corrected chi connectivity index (χ4v) is 1.78. The zero-order valence-electron chi connectivity index (χ0n) is 8.77. The Bertz CT molecular complexity index is 379. The van der Waals surface area contributed by atoms with Crippen LogP contribution < -0.4 is 0 Å². The van der Waals surface area contributed by atoms with Gasteiger partial charge in [-0.1, -0.05) is 35.9 Å². The lowest BCUT2D eigenvalue weighted by atomic mass is 9.92. The number of hydrogen-bond acceptors (Lipinski definition) is 2. The monoisotopic (exact) mass is 202 g/mol. The molecule has 1 aliphatic heterocycles. The van der Waals surface area contributed by atoms with Gasteiger partial charge in [0, 0.05) is 12.0 Å². The summed E-state index contributed by atoms with van der Waals surface area (Å²) in [6.07, 6.45) is 2.54. The predicted octanol–water partition coefficient (Wildman–Crippen LogP) is 2.35. The molecule has 1 unspecified atom stereocenters. The van der Waals surface area contributed by atoms with Crippen molar-refractivity contribution in [2.75, 3.05) is 6.61 Å². The highest BCUT2D eigenvalue weighted by Crippen LogP contribution is 2.20. The van der Waals surface area contributed by atoms with E-state index in [1.54, 1.807) is 6.08 Å². The van der Waals surface area contributed by atoms with Crippen molar-refractivity contribution in [1.82, 2.24) is 0 Å². The number of cyclic esters (lactones) is 1. The molecule has 78 valence electrons. The molecule has 0 aliphatic carbocycles. The van der Waals surface area contributed by atoms with E-state index in [-0.39, 0.29) is 5.97 Å². The van der Waals surface area contributed by atoms with Crippen LogP contribution in [0.25, 0.3) is 0 Å². The van der Waals surface area contributed by atoms with Crippen LogP contribution in [0.2, 0.25) is 0 Å². The number of benzene rings is 1. The van der Waals surface area contributed by atoms with Gasteiger partial charge >= 0.3 is 5.97 Å². The number of ether oxygens (including phenoxy) is 1. The molecule has 1 aromatic rings. The SMILES string of the molecule is CC1=CC(=O)OCC1Cc1ccccc1. The van der Waals surface area contributed by atoms with Gasteiger partial charge in [-0.25, -0.2) is 4.79 Å². The molecular weight excluding hydrogens is 188 g/mol. The third-order valence-electron chi connectivity index (χ3n) is 2.74. The molecule has 2 nitrogen and oxygen atoms in total. The van der Waals surface area contributed by atoms with Crippen molar-refractivity contribution in [1.29, 1.82) is 0 Å². The van der Waals surface area contributed by atoms with Crippen LogP contribution in [-0.2, 0) is 16.0 Å². The summed E-state index contributed by atoms with van der Waals surface area (Å²) in [5, 5.41) is 0. The van der Waals surface area contributed by atoms with Gasteiger partial charge in [0.2, 0.25) is 0 Å². The van der Waals surface area contributed by atoms with Crippen LogP contribution in [-0.4, -0.2) is 12.6 Å². The van der Waals surface area contributed by atoms with Gasteiger partial charge in [0.25, 0.3) is 0 Å². The van der Waals surface area contributed by atoms with Gasteiger partial charge in [-0.05, 0) is 18.9 Å². The molecule has 0 spiro atoms. The summed E-state index contributed by atoms with van der Waals surface area (Å²) in [6.45, 7) is 2.50. The number of carbonyl (C=O) groups is 1. The van der Waals surface area contributed by atoms with E-state index < -0.39 is 0 Å². The third kappa shape index (κ3) is 2.46. The first-order chi connectivity index (χ1) is 7.25. The minimum absolute atomic E-state index is 0.211. The van der Waals surface area contributed by atoms with E-state index in [0.29, 0.717) is 12.5 Å². The van der Waals surface area contributed by atoms with Crippen LogP contribution in [0.1, 0.15) is 12.5 Å². The summed E-state index contributed by atoms with van der Waals surface area (Å²) >= 11 is 0. The highest BCUT2D eigenvalue weighted by molar-refractivity contribution is 5.83. The lowest BCUT2D eigenvalue weighted by Crippen LogP contribution is -2.22. The van der Waals surface area contributed by atoms with E-state index in [2.05, 4.69) is 12.1 Å². The van der Waals surface area contributed by atoms with Crippen molar-refractivity contribution in [2.24, 2.45) is 5.92 Å². The Balaban J connectivity index is 2.08. The molecule has 2 rings (SSSR count). The van der Waals surface area contributed by atoms with Crippen molar-refractivity contribution in [3.05, 3.63) is 47.5 Å². The van der Waals surface area contributed by atoms with E-state index in [0.717, 1.165) is 12.0 Å². The van der Waals surface area contributed by atoms with Gasteiger partial charge in [-0.15, -0.1) is 0 Å². The fourth-order valence-electron chi connectivity index (χ4n) is 1.78. The molecule has 1 heterocycles. The molecule has 15 heavy (non-hydrogen) atoms. The molecule has 0 bridgehead atoms. The Labute approximate surface area is 89.6 Å². The van der Waals surface area contributed by atoms with Gasteiger partial charge in [-0.2, -0.15) is 0 Å². The standard InChI is InChI=1S/C13H14O2/c1-10-7-13(14)15-9-12(10)8-11-5-3-2-4-6-11/h2-7,12H,8-9H2,1H3. The second-order valence-electron chi connectivity index (χ2n) is 3.91. The maximum absolute atomic E-state index is 11.0. The highest BCUT2D eigenvalue weighted by Gasteiger charge is 2.19. The molecule has 2 heteroatoms. The topological polar surface area (TPSA) is 26.3 Å². The van der Waals surface area contributed by atoms with Gasteiger partial charge < -0.3 is 4.74 Å². The van der Waals surface area contributed by atoms with E-state index in [4.69, 9.17) is 4.74 Å². The number of carbonyl (C=O) groups excluding carboxylic acids is 1. The van der Waals surface area contributed by atoms with Crippen molar-refractivity contribution < 1.29 is 9.53 Å². The zero-order chi connectivity index (χ0) is 10.7. The third-order valence-corrected chi connectivity index (χ3v) is 2.74. The lowest BCUT2D eigenvalue weighted by molar-refractivity contribution is -0.140. The number of rotatable bonds is 2. The maximum atomic E-state index is 11.0. The van der Waals surface area contributed by atoms with Crippen molar-refractivity contribution in [2.45, 2.75) is 13.3 Å². The molecule has 0 amide bonds. The lowest BCUT2D eigenvalue weighted by Gasteiger charge is -2.21. The van der Waals surface area contributed by atoms with Crippen molar-refractivity contribution >= 4 is 5.97 Å². The summed E-state index contributed by atoms with van der Waals surface area (Å²) in [5.74, 6) is 0.127. The largest absolute Gasteiger partial charge is 0.462 e. The maximum Gasteiger partial charge on any atom is 0.330 e. The quantitative estimate of drug-likeness (QED) is 0.688. The Hall–Kier alpha value is -1.57. The second-order valence-corrected chi connectivity index (χ2v) is 3.91. The van der Waals surface area contributed by atoms with Gasteiger partial charge in [-0.3, -0.25) is 0 Å². The minimum atomic E-state index is -0.211. The fraction of sp³-hybridized carbons (Fsp3) is 0.308. The van der Waals surface area contributed by atoms with Crippen LogP contribution >= 0.6 is 0 Å². The van der Waals surface area contributed by atoms with E-state index in [1.807, 2.05) is 25.1 Å². The van der Waals surface area contributed by atoms with Crippen LogP contribution in [0.4, 0.5) is 0 Å². The molecule has 0 saturated carbocycles. The average molecular weight is 202 g/mol. The summed E-state index contributed by atoms with van der Waals surface area (Å²) < 4.78 is 5.02. The summed E-state index contributed by atoms with van der Waals surface area (Å²) in [7, 11) is 0. The first-order valence-corrected chi connectivity index (χ1v) is 5.14. The molecule has 1 atom stereocenters. The van der Waals surface area contributed by atoms with Gasteiger partial charge in [0.1, 0.15) is 0 Å². The first-order valence-electron chi connectivity index (χ1n) is 5.14. The van der Waals surface area contributed by atoms with E-state index in [9.17, 15) is 4.79 Å². The zero-order valence-corrected chi connectivity index (χ0v) is 8.77. The van der Waals surface area contributed by atoms with Crippen molar-refractivity contribution in [3.8, 4) is 0 Å². The second kappa shape index (κ2) is 4.30. The predicted molar refractivity (Wildman–Crippen MR) is 58.4 cm³/mol. The van der Waals surface area contributed by atoms with Gasteiger partial charge in [0.05, 0.1) is 6.61 Å². The summed E-state index contributed by atoms with van der Waals surface area (Å²) in [5.41, 5.74) is 2.41. The number of esters is 1. The molecule has 0 radical (unpaired) electrons. The Kier molecular flexibility index (Phi) is 2.86. The smallest absolute Gasteiger partial charge is 0.330 e. The number of hydrogen-bond donors (Lipinski definition) is 0. The molecule has 0 fully saturated rings. The first kappa shape index (κ1) is 9.97. The molecule has 1 aliphatic rings. The molecule has 1 aromatic carbocycles. The van der Waals surface area contributed by atoms with Crippen LogP contribution in [0, 0.1) is 5.92 Å². The van der Waals surface area contributed by atoms with E-state index >= 15 is 0 Å². The molecule has 0 saturated heterocycles. The average Bonchev–Trinajstić information content (AvgIpc) is 2.24. The molecule has 0 aromatic heterocycles. The Morgan fingerprint density at radius 3 is 2.73 bits per heavy atom. The Morgan fingerprint density at radius 2 is 2.07 bits per heavy atom. The minimum Gasteiger partial charge on any atom is -0.462 e. The molecular formula is C13H14O2. The molecule has 0 N–H and O–H groups in total. The summed E-state index contributed by atoms with van der Waals surface area (Å²) in [4.78, 5) is 11.0. The van der Waals surface area contributed by atoms with Crippen molar-refractivity contribution in [3.63, 3.8) is 0 Å².